The van der Waals surface area contributed by atoms with Gasteiger partial charge in [-0.05, 0) is 42.6 Å². The van der Waals surface area contributed by atoms with Gasteiger partial charge in [0.2, 0.25) is 5.91 Å². The molecule has 0 saturated heterocycles. The van der Waals surface area contributed by atoms with Gasteiger partial charge in [0.1, 0.15) is 0 Å². The van der Waals surface area contributed by atoms with Gasteiger partial charge in [-0.25, -0.2) is 0 Å². The molecule has 0 saturated carbocycles. The molecule has 0 fully saturated rings. The summed E-state index contributed by atoms with van der Waals surface area (Å²) in [6.07, 6.45) is 0.368. The SMILES string of the molecule is Cc1ccc(NCc2nnc(SCCC(=O)Nc3cccc4ccccc34)n2-c2ccccc2)cc1. The van der Waals surface area contributed by atoms with Crippen molar-refractivity contribution in [2.24, 2.45) is 0 Å². The topological polar surface area (TPSA) is 71.8 Å². The van der Waals surface area contributed by atoms with Crippen molar-refractivity contribution in [3.63, 3.8) is 0 Å². The van der Waals surface area contributed by atoms with Crippen molar-refractivity contribution in [2.75, 3.05) is 16.4 Å². The third kappa shape index (κ3) is 5.58. The van der Waals surface area contributed by atoms with E-state index in [0.717, 1.165) is 38.8 Å². The van der Waals surface area contributed by atoms with Crippen LogP contribution in [0.5, 0.6) is 0 Å². The van der Waals surface area contributed by atoms with Gasteiger partial charge in [0.15, 0.2) is 11.0 Å². The fraction of sp³-hybridized carbons (Fsp3) is 0.138. The minimum atomic E-state index is -0.0223. The first-order valence-electron chi connectivity index (χ1n) is 11.9. The second kappa shape index (κ2) is 11.1. The van der Waals surface area contributed by atoms with Crippen LogP contribution in [0.15, 0.2) is 102 Å². The maximum Gasteiger partial charge on any atom is 0.225 e. The minimum Gasteiger partial charge on any atom is -0.378 e. The number of anilines is 2. The summed E-state index contributed by atoms with van der Waals surface area (Å²) in [5.41, 5.74) is 4.07. The first kappa shape index (κ1) is 23.6. The Hall–Kier alpha value is -4.10. The highest BCUT2D eigenvalue weighted by Gasteiger charge is 2.15. The second-order valence-corrected chi connectivity index (χ2v) is 9.52. The van der Waals surface area contributed by atoms with Gasteiger partial charge in [-0.3, -0.25) is 9.36 Å². The summed E-state index contributed by atoms with van der Waals surface area (Å²) >= 11 is 1.53. The van der Waals surface area contributed by atoms with Crippen LogP contribution in [0.2, 0.25) is 0 Å². The molecule has 0 aliphatic heterocycles. The van der Waals surface area contributed by atoms with Crippen LogP contribution in [0.25, 0.3) is 16.5 Å². The number of nitrogens with one attached hydrogen (secondary N) is 2. The average Bonchev–Trinajstić information content (AvgIpc) is 3.32. The first-order valence-corrected chi connectivity index (χ1v) is 12.9. The van der Waals surface area contributed by atoms with Gasteiger partial charge in [-0.2, -0.15) is 0 Å². The molecule has 36 heavy (non-hydrogen) atoms. The zero-order valence-electron chi connectivity index (χ0n) is 20.0. The highest BCUT2D eigenvalue weighted by Crippen LogP contribution is 2.25. The number of nitrogens with zero attached hydrogens (tertiary/aromatic N) is 3. The lowest BCUT2D eigenvalue weighted by molar-refractivity contribution is -0.115. The van der Waals surface area contributed by atoms with E-state index in [0.29, 0.717) is 18.7 Å². The molecule has 5 aromatic rings. The maximum absolute atomic E-state index is 12.7. The van der Waals surface area contributed by atoms with E-state index in [1.54, 1.807) is 0 Å². The average molecular weight is 494 g/mol. The van der Waals surface area contributed by atoms with Crippen LogP contribution in [0.3, 0.4) is 0 Å². The number of amides is 1. The summed E-state index contributed by atoms with van der Waals surface area (Å²) in [7, 11) is 0. The van der Waals surface area contributed by atoms with E-state index in [2.05, 4.69) is 56.6 Å². The van der Waals surface area contributed by atoms with E-state index in [4.69, 9.17) is 0 Å². The number of hydrogen-bond acceptors (Lipinski definition) is 5. The third-order valence-electron chi connectivity index (χ3n) is 5.84. The van der Waals surface area contributed by atoms with Gasteiger partial charge in [-0.15, -0.1) is 10.2 Å². The Morgan fingerprint density at radius 1 is 0.861 bits per heavy atom. The predicted molar refractivity (Wildman–Crippen MR) is 148 cm³/mol. The molecule has 4 aromatic carbocycles. The number of carbonyl (C=O) groups is 1. The molecular formula is C29H27N5OS. The van der Waals surface area contributed by atoms with E-state index in [-0.39, 0.29) is 5.91 Å². The molecule has 0 aliphatic rings. The second-order valence-electron chi connectivity index (χ2n) is 8.46. The minimum absolute atomic E-state index is 0.0223. The molecule has 2 N–H and O–H groups in total. The molecule has 0 bridgehead atoms. The van der Waals surface area contributed by atoms with Gasteiger partial charge in [-0.1, -0.05) is 84.1 Å². The van der Waals surface area contributed by atoms with Crippen molar-refractivity contribution in [1.82, 2.24) is 14.8 Å². The van der Waals surface area contributed by atoms with Crippen LogP contribution in [0, 0.1) is 6.92 Å². The van der Waals surface area contributed by atoms with E-state index in [9.17, 15) is 4.79 Å². The fourth-order valence-electron chi connectivity index (χ4n) is 3.98. The number of hydrogen-bond donors (Lipinski definition) is 2. The predicted octanol–water partition coefficient (Wildman–Crippen LogP) is 6.46. The summed E-state index contributed by atoms with van der Waals surface area (Å²) in [4.78, 5) is 12.7. The summed E-state index contributed by atoms with van der Waals surface area (Å²) in [6.45, 7) is 2.61. The normalized spacial score (nSPS) is 10.9. The van der Waals surface area contributed by atoms with Gasteiger partial charge < -0.3 is 10.6 Å². The first-order chi connectivity index (χ1) is 17.7. The molecule has 6 nitrogen and oxygen atoms in total. The Bertz CT molecular complexity index is 1460. The Labute approximate surface area is 214 Å². The highest BCUT2D eigenvalue weighted by atomic mass is 32.2. The number of rotatable bonds is 9. The lowest BCUT2D eigenvalue weighted by atomic mass is 10.1. The zero-order valence-corrected chi connectivity index (χ0v) is 20.8. The molecule has 0 radical (unpaired) electrons. The Kier molecular flexibility index (Phi) is 7.28. The van der Waals surface area contributed by atoms with Crippen LogP contribution in [-0.4, -0.2) is 26.4 Å². The fourth-order valence-corrected chi connectivity index (χ4v) is 4.89. The van der Waals surface area contributed by atoms with Gasteiger partial charge in [0.25, 0.3) is 0 Å². The lowest BCUT2D eigenvalue weighted by Gasteiger charge is -2.12. The summed E-state index contributed by atoms with van der Waals surface area (Å²) in [5, 5.41) is 18.3. The molecule has 5 rings (SSSR count). The van der Waals surface area contributed by atoms with Gasteiger partial charge >= 0.3 is 0 Å². The number of benzene rings is 4. The van der Waals surface area contributed by atoms with E-state index in [1.807, 2.05) is 72.8 Å². The molecule has 0 spiro atoms. The Balaban J connectivity index is 1.26. The van der Waals surface area contributed by atoms with Crippen molar-refractivity contribution in [1.29, 1.82) is 0 Å². The molecule has 0 aliphatic carbocycles. The molecule has 0 atom stereocenters. The number of para-hydroxylation sites is 1. The zero-order chi connectivity index (χ0) is 24.7. The number of thioether (sulfide) groups is 1. The van der Waals surface area contributed by atoms with Crippen molar-refractivity contribution in [3.8, 4) is 5.69 Å². The maximum atomic E-state index is 12.7. The quantitative estimate of drug-likeness (QED) is 0.231. The van der Waals surface area contributed by atoms with Crippen molar-refractivity contribution in [3.05, 3.63) is 108 Å². The lowest BCUT2D eigenvalue weighted by Crippen LogP contribution is -2.13. The van der Waals surface area contributed by atoms with Crippen molar-refractivity contribution in [2.45, 2.75) is 25.0 Å². The third-order valence-corrected chi connectivity index (χ3v) is 6.77. The highest BCUT2D eigenvalue weighted by molar-refractivity contribution is 7.99. The van der Waals surface area contributed by atoms with Crippen LogP contribution >= 0.6 is 11.8 Å². The van der Waals surface area contributed by atoms with Crippen LogP contribution in [0.1, 0.15) is 17.8 Å². The molecule has 1 heterocycles. The molecule has 0 unspecified atom stereocenters. The molecule has 7 heteroatoms. The van der Waals surface area contributed by atoms with Gasteiger partial charge in [0.05, 0.1) is 6.54 Å². The van der Waals surface area contributed by atoms with Crippen LogP contribution < -0.4 is 10.6 Å². The summed E-state index contributed by atoms with van der Waals surface area (Å²) in [6, 6.07) is 32.3. The number of carbonyl (C=O) groups excluding carboxylic acids is 1. The largest absolute Gasteiger partial charge is 0.378 e. The van der Waals surface area contributed by atoms with E-state index >= 15 is 0 Å². The van der Waals surface area contributed by atoms with Crippen LogP contribution in [0.4, 0.5) is 11.4 Å². The molecular weight excluding hydrogens is 466 g/mol. The van der Waals surface area contributed by atoms with E-state index in [1.165, 1.54) is 17.3 Å². The smallest absolute Gasteiger partial charge is 0.225 e. The van der Waals surface area contributed by atoms with E-state index < -0.39 is 0 Å². The van der Waals surface area contributed by atoms with Crippen LogP contribution in [-0.2, 0) is 11.3 Å². The standard InChI is InChI=1S/C29H27N5OS/c1-21-14-16-23(17-15-21)30-20-27-32-33-29(34(27)24-10-3-2-4-11-24)36-19-18-28(35)31-26-13-7-9-22-8-5-6-12-25(22)26/h2-17,30H,18-20H2,1H3,(H,31,35). The number of aryl methyl sites for hydroxylation is 1. The number of fused-ring (bicyclic) bond motifs is 1. The monoisotopic (exact) mass is 493 g/mol. The van der Waals surface area contributed by atoms with Crippen molar-refractivity contribution < 1.29 is 4.79 Å². The van der Waals surface area contributed by atoms with Crippen molar-refractivity contribution >= 4 is 39.8 Å². The Morgan fingerprint density at radius 3 is 2.44 bits per heavy atom. The number of aromatic nitrogens is 3. The van der Waals surface area contributed by atoms with Gasteiger partial charge in [0, 0.05) is 34.6 Å². The Morgan fingerprint density at radius 2 is 1.61 bits per heavy atom. The molecule has 1 amide bonds. The molecule has 180 valence electrons. The summed E-state index contributed by atoms with van der Waals surface area (Å²) in [5.74, 6) is 1.38. The molecule has 1 aromatic heterocycles. The summed E-state index contributed by atoms with van der Waals surface area (Å²) < 4.78 is 2.05.